The molecule has 0 saturated carbocycles. The van der Waals surface area contributed by atoms with Crippen LogP contribution in [0.25, 0.3) is 0 Å². The fourth-order valence-corrected chi connectivity index (χ4v) is 3.09. The van der Waals surface area contributed by atoms with E-state index in [1.54, 1.807) is 11.3 Å². The second-order valence-electron chi connectivity index (χ2n) is 4.80. The second kappa shape index (κ2) is 7.14. The van der Waals surface area contributed by atoms with E-state index in [1.165, 1.54) is 31.2 Å². The van der Waals surface area contributed by atoms with Crippen LogP contribution < -0.4 is 5.32 Å². The Balaban J connectivity index is 1.91. The van der Waals surface area contributed by atoms with Gasteiger partial charge in [0.05, 0.1) is 6.10 Å². The molecule has 17 heavy (non-hydrogen) atoms. The number of thiophene rings is 1. The third kappa shape index (κ3) is 4.09. The van der Waals surface area contributed by atoms with Crippen molar-refractivity contribution in [2.24, 2.45) is 0 Å². The molecule has 0 aliphatic carbocycles. The van der Waals surface area contributed by atoms with Crippen molar-refractivity contribution in [2.45, 2.75) is 51.2 Å². The lowest BCUT2D eigenvalue weighted by atomic mass is 9.97. The van der Waals surface area contributed by atoms with Gasteiger partial charge in [-0.1, -0.05) is 6.92 Å². The molecule has 0 bridgehead atoms. The molecule has 1 aliphatic heterocycles. The van der Waals surface area contributed by atoms with E-state index in [2.05, 4.69) is 29.1 Å². The molecular weight excluding hydrogens is 230 g/mol. The van der Waals surface area contributed by atoms with Crippen molar-refractivity contribution >= 4 is 11.3 Å². The van der Waals surface area contributed by atoms with Gasteiger partial charge in [-0.25, -0.2) is 0 Å². The van der Waals surface area contributed by atoms with Crippen molar-refractivity contribution in [2.75, 3.05) is 13.2 Å². The summed E-state index contributed by atoms with van der Waals surface area (Å²) in [5.74, 6) is 0. The van der Waals surface area contributed by atoms with Gasteiger partial charge in [0.25, 0.3) is 0 Å². The molecule has 0 radical (unpaired) electrons. The van der Waals surface area contributed by atoms with E-state index < -0.39 is 0 Å². The number of rotatable bonds is 6. The van der Waals surface area contributed by atoms with Gasteiger partial charge < -0.3 is 10.1 Å². The van der Waals surface area contributed by atoms with E-state index in [0.29, 0.717) is 12.1 Å². The highest BCUT2D eigenvalue weighted by Crippen LogP contribution is 2.19. The normalized spacial score (nSPS) is 22.5. The molecule has 2 heterocycles. The lowest BCUT2D eigenvalue weighted by Gasteiger charge is -2.31. The average molecular weight is 253 g/mol. The predicted octanol–water partition coefficient (Wildman–Crippen LogP) is 3.23. The number of hydrogen-bond donors (Lipinski definition) is 1. The Hall–Kier alpha value is -0.380. The van der Waals surface area contributed by atoms with E-state index in [0.717, 1.165) is 19.6 Å². The Morgan fingerprint density at radius 2 is 2.47 bits per heavy atom. The minimum absolute atomic E-state index is 0.412. The van der Waals surface area contributed by atoms with Crippen molar-refractivity contribution in [1.82, 2.24) is 5.32 Å². The maximum absolute atomic E-state index is 5.93. The molecular formula is C14H23NOS. The van der Waals surface area contributed by atoms with E-state index in [9.17, 15) is 0 Å². The molecule has 1 aromatic heterocycles. The lowest BCUT2D eigenvalue weighted by Crippen LogP contribution is -2.44. The summed E-state index contributed by atoms with van der Waals surface area (Å²) in [4.78, 5) is 0. The van der Waals surface area contributed by atoms with Gasteiger partial charge in [-0.3, -0.25) is 0 Å². The van der Waals surface area contributed by atoms with Crippen molar-refractivity contribution in [3.05, 3.63) is 22.4 Å². The minimum atomic E-state index is 0.412. The Kier molecular flexibility index (Phi) is 5.49. The fourth-order valence-electron chi connectivity index (χ4n) is 2.41. The first-order chi connectivity index (χ1) is 8.40. The SMILES string of the molecule is CCCNC(Cc1ccsc1)C1CCCCO1. The van der Waals surface area contributed by atoms with Gasteiger partial charge in [-0.05, 0) is 61.0 Å². The molecule has 2 nitrogen and oxygen atoms in total. The van der Waals surface area contributed by atoms with Crippen LogP contribution in [0.2, 0.25) is 0 Å². The summed E-state index contributed by atoms with van der Waals surface area (Å²) in [5, 5.41) is 8.07. The zero-order chi connectivity index (χ0) is 11.9. The summed E-state index contributed by atoms with van der Waals surface area (Å²) < 4.78 is 5.93. The maximum Gasteiger partial charge on any atom is 0.0731 e. The second-order valence-corrected chi connectivity index (χ2v) is 5.58. The van der Waals surface area contributed by atoms with Gasteiger partial charge in [0, 0.05) is 12.6 Å². The number of ether oxygens (including phenoxy) is 1. The monoisotopic (exact) mass is 253 g/mol. The van der Waals surface area contributed by atoms with Crippen molar-refractivity contribution in [3.8, 4) is 0 Å². The zero-order valence-corrected chi connectivity index (χ0v) is 11.5. The Bertz CT molecular complexity index is 293. The quantitative estimate of drug-likeness (QED) is 0.840. The molecule has 1 aromatic rings. The standard InChI is InChI=1S/C14H23NOS/c1-2-7-15-13(10-12-6-9-17-11-12)14-5-3-4-8-16-14/h6,9,11,13-15H,2-5,7-8,10H2,1H3. The van der Waals surface area contributed by atoms with Crippen LogP contribution in [0.4, 0.5) is 0 Å². The van der Waals surface area contributed by atoms with Crippen LogP contribution in [0.5, 0.6) is 0 Å². The molecule has 3 heteroatoms. The van der Waals surface area contributed by atoms with E-state index >= 15 is 0 Å². The van der Waals surface area contributed by atoms with Gasteiger partial charge in [0.2, 0.25) is 0 Å². The van der Waals surface area contributed by atoms with Crippen molar-refractivity contribution in [1.29, 1.82) is 0 Å². The molecule has 0 amide bonds. The summed E-state index contributed by atoms with van der Waals surface area (Å²) in [6.07, 6.45) is 6.47. The largest absolute Gasteiger partial charge is 0.377 e. The van der Waals surface area contributed by atoms with Crippen LogP contribution in [0.3, 0.4) is 0 Å². The zero-order valence-electron chi connectivity index (χ0n) is 10.7. The van der Waals surface area contributed by atoms with Gasteiger partial charge in [0.1, 0.15) is 0 Å². The first-order valence-corrected chi connectivity index (χ1v) is 7.70. The topological polar surface area (TPSA) is 21.3 Å². The average Bonchev–Trinajstić information content (AvgIpc) is 2.88. The molecule has 0 spiro atoms. The number of hydrogen-bond acceptors (Lipinski definition) is 3. The van der Waals surface area contributed by atoms with Gasteiger partial charge in [0.15, 0.2) is 0 Å². The molecule has 1 aliphatic rings. The molecule has 2 unspecified atom stereocenters. The Labute approximate surface area is 108 Å². The third-order valence-electron chi connectivity index (χ3n) is 3.36. The molecule has 1 saturated heterocycles. The molecule has 0 aromatic carbocycles. The molecule has 1 N–H and O–H groups in total. The van der Waals surface area contributed by atoms with Crippen LogP contribution >= 0.6 is 11.3 Å². The van der Waals surface area contributed by atoms with Gasteiger partial charge in [-0.15, -0.1) is 0 Å². The first kappa shape index (κ1) is 13.1. The summed E-state index contributed by atoms with van der Waals surface area (Å²) in [7, 11) is 0. The molecule has 2 rings (SSSR count). The van der Waals surface area contributed by atoms with E-state index in [4.69, 9.17) is 4.74 Å². The Morgan fingerprint density at radius 3 is 3.12 bits per heavy atom. The first-order valence-electron chi connectivity index (χ1n) is 6.76. The summed E-state index contributed by atoms with van der Waals surface area (Å²) in [5.41, 5.74) is 1.44. The Morgan fingerprint density at radius 1 is 1.53 bits per heavy atom. The van der Waals surface area contributed by atoms with Crippen LogP contribution in [-0.4, -0.2) is 25.3 Å². The van der Waals surface area contributed by atoms with Gasteiger partial charge in [-0.2, -0.15) is 11.3 Å². The predicted molar refractivity (Wildman–Crippen MR) is 73.7 cm³/mol. The molecule has 2 atom stereocenters. The maximum atomic E-state index is 5.93. The fraction of sp³-hybridized carbons (Fsp3) is 0.714. The summed E-state index contributed by atoms with van der Waals surface area (Å²) >= 11 is 1.78. The van der Waals surface area contributed by atoms with Crippen molar-refractivity contribution in [3.63, 3.8) is 0 Å². The van der Waals surface area contributed by atoms with Crippen LogP contribution in [0.1, 0.15) is 38.2 Å². The molecule has 1 fully saturated rings. The van der Waals surface area contributed by atoms with Crippen LogP contribution in [-0.2, 0) is 11.2 Å². The summed E-state index contributed by atoms with van der Waals surface area (Å²) in [6, 6.07) is 2.72. The number of nitrogens with one attached hydrogen (secondary N) is 1. The highest BCUT2D eigenvalue weighted by molar-refractivity contribution is 7.07. The van der Waals surface area contributed by atoms with Crippen LogP contribution in [0.15, 0.2) is 16.8 Å². The summed E-state index contributed by atoms with van der Waals surface area (Å²) in [6.45, 7) is 4.25. The van der Waals surface area contributed by atoms with E-state index in [1.807, 2.05) is 0 Å². The van der Waals surface area contributed by atoms with E-state index in [-0.39, 0.29) is 0 Å². The highest BCUT2D eigenvalue weighted by Gasteiger charge is 2.24. The smallest absolute Gasteiger partial charge is 0.0731 e. The van der Waals surface area contributed by atoms with Crippen molar-refractivity contribution < 1.29 is 4.74 Å². The van der Waals surface area contributed by atoms with Gasteiger partial charge >= 0.3 is 0 Å². The highest BCUT2D eigenvalue weighted by atomic mass is 32.1. The third-order valence-corrected chi connectivity index (χ3v) is 4.09. The molecule has 96 valence electrons. The lowest BCUT2D eigenvalue weighted by molar-refractivity contribution is -0.00735. The van der Waals surface area contributed by atoms with Crippen LogP contribution in [0, 0.1) is 0 Å². The minimum Gasteiger partial charge on any atom is -0.377 e.